The highest BCUT2D eigenvalue weighted by atomic mass is 32.1. The number of rotatable bonds is 13. The van der Waals surface area contributed by atoms with Gasteiger partial charge >= 0.3 is 0 Å². The van der Waals surface area contributed by atoms with Crippen molar-refractivity contribution < 1.29 is 23.8 Å². The second-order valence-electron chi connectivity index (χ2n) is 6.51. The molecule has 0 aliphatic carbocycles. The minimum Gasteiger partial charge on any atom is -0.490 e. The predicted octanol–water partition coefficient (Wildman–Crippen LogP) is 0.819. The van der Waals surface area contributed by atoms with Crippen molar-refractivity contribution in [3.05, 3.63) is 29.8 Å². The first-order chi connectivity index (χ1) is 14.4. The second-order valence-corrected chi connectivity index (χ2v) is 7.09. The van der Waals surface area contributed by atoms with Crippen molar-refractivity contribution in [3.8, 4) is 17.6 Å². The van der Waals surface area contributed by atoms with Gasteiger partial charge in [0.25, 0.3) is 5.91 Å². The van der Waals surface area contributed by atoms with E-state index >= 15 is 0 Å². The van der Waals surface area contributed by atoms with Gasteiger partial charge in [0.1, 0.15) is 24.4 Å². The van der Waals surface area contributed by atoms with Crippen LogP contribution in [0.1, 0.15) is 24.2 Å². The lowest BCUT2D eigenvalue weighted by Gasteiger charge is -2.14. The average Bonchev–Trinajstić information content (AvgIpc) is 2.73. The van der Waals surface area contributed by atoms with E-state index in [1.54, 1.807) is 24.3 Å². The van der Waals surface area contributed by atoms with Gasteiger partial charge in [-0.15, -0.1) is 12.6 Å². The zero-order chi connectivity index (χ0) is 22.2. The summed E-state index contributed by atoms with van der Waals surface area (Å²) in [7, 11) is 0. The van der Waals surface area contributed by atoms with Gasteiger partial charge < -0.3 is 30.6 Å². The largest absolute Gasteiger partial charge is 0.490 e. The highest BCUT2D eigenvalue weighted by Crippen LogP contribution is 2.14. The number of thiol groups is 1. The Morgan fingerprint density at radius 1 is 1.23 bits per heavy atom. The fraction of sp³-hybridized carbons (Fsp3) is 0.524. The van der Waals surface area contributed by atoms with E-state index in [9.17, 15) is 9.59 Å². The molecule has 0 aliphatic rings. The quantitative estimate of drug-likeness (QED) is 0.157. The molecule has 0 spiro atoms. The average molecular weight is 438 g/mol. The molecule has 1 atom stereocenters. The van der Waals surface area contributed by atoms with E-state index in [0.29, 0.717) is 30.9 Å². The van der Waals surface area contributed by atoms with Crippen molar-refractivity contribution in [2.75, 3.05) is 46.1 Å². The maximum absolute atomic E-state index is 11.9. The number of carbonyl (C=O) groups excluding carboxylic acids is 2. The molecule has 0 saturated heterocycles. The normalized spacial score (nSPS) is 11.4. The van der Waals surface area contributed by atoms with Crippen LogP contribution in [0.15, 0.2) is 24.3 Å². The molecule has 1 aromatic rings. The summed E-state index contributed by atoms with van der Waals surface area (Å²) < 4.78 is 16.3. The highest BCUT2D eigenvalue weighted by Gasteiger charge is 2.08. The van der Waals surface area contributed by atoms with E-state index in [2.05, 4.69) is 35.1 Å². The van der Waals surface area contributed by atoms with Crippen LogP contribution in [0.25, 0.3) is 0 Å². The van der Waals surface area contributed by atoms with Gasteiger partial charge in [-0.1, -0.05) is 31.8 Å². The van der Waals surface area contributed by atoms with Crippen molar-refractivity contribution in [3.63, 3.8) is 0 Å². The fourth-order valence-corrected chi connectivity index (χ4v) is 2.27. The Balaban J connectivity index is 2.18. The first-order valence-electron chi connectivity index (χ1n) is 9.76. The lowest BCUT2D eigenvalue weighted by molar-refractivity contribution is -0.126. The van der Waals surface area contributed by atoms with E-state index in [1.807, 2.05) is 13.8 Å². The molecule has 4 N–H and O–H groups in total. The van der Waals surface area contributed by atoms with E-state index in [1.165, 1.54) is 0 Å². The molecule has 0 radical (unpaired) electrons. The lowest BCUT2D eigenvalue weighted by atomic mass is 10.2. The van der Waals surface area contributed by atoms with Crippen molar-refractivity contribution in [1.82, 2.24) is 10.6 Å². The number of carbonyl (C=O) groups is 2. The van der Waals surface area contributed by atoms with E-state index in [-0.39, 0.29) is 44.2 Å². The van der Waals surface area contributed by atoms with Crippen LogP contribution >= 0.6 is 12.6 Å². The van der Waals surface area contributed by atoms with Gasteiger partial charge in [-0.25, -0.2) is 0 Å². The Morgan fingerprint density at radius 2 is 2.03 bits per heavy atom. The van der Waals surface area contributed by atoms with Crippen LogP contribution in [0.2, 0.25) is 0 Å². The van der Waals surface area contributed by atoms with Gasteiger partial charge in [-0.2, -0.15) is 0 Å². The van der Waals surface area contributed by atoms with Crippen molar-refractivity contribution in [2.45, 2.75) is 19.3 Å². The number of benzene rings is 1. The molecule has 0 bridgehead atoms. The standard InChI is InChI=1S/C21H31N3O5S/c1-16(2)5-4-9-23-19(25)14-27-11-12-28-20(30)15-29-18-7-3-6-17(13-18)21(26)24-10-8-22/h3,6-7,13,16,20,30H,8-12,14-15,22H2,1-2H3,(H,23,25)(H,24,26)/t20-/m1/s1. The SMILES string of the molecule is CC(C)C#CCNC(=O)COCCO[C@H](S)COc1cccc(C(=O)NCCN)c1. The van der Waals surface area contributed by atoms with Crippen molar-refractivity contribution in [1.29, 1.82) is 0 Å². The molecule has 0 fully saturated rings. The van der Waals surface area contributed by atoms with Crippen LogP contribution in [0, 0.1) is 17.8 Å². The number of nitrogens with two attached hydrogens (primary N) is 1. The Bertz CT molecular complexity index is 718. The van der Waals surface area contributed by atoms with E-state index in [0.717, 1.165) is 0 Å². The molecule has 1 aromatic carbocycles. The van der Waals surface area contributed by atoms with Gasteiger partial charge in [0.05, 0.1) is 19.8 Å². The molecule has 0 aliphatic heterocycles. The summed E-state index contributed by atoms with van der Waals surface area (Å²) >= 11 is 4.30. The number of hydrogen-bond donors (Lipinski definition) is 4. The molecule has 1 rings (SSSR count). The third kappa shape index (κ3) is 12.3. The minimum atomic E-state index is -0.483. The van der Waals surface area contributed by atoms with Gasteiger partial charge in [0.15, 0.2) is 0 Å². The Labute approximate surface area is 183 Å². The van der Waals surface area contributed by atoms with E-state index in [4.69, 9.17) is 19.9 Å². The van der Waals surface area contributed by atoms with Crippen LogP contribution < -0.4 is 21.1 Å². The van der Waals surface area contributed by atoms with E-state index < -0.39 is 5.44 Å². The van der Waals surface area contributed by atoms with Crippen LogP contribution in [-0.2, 0) is 14.3 Å². The summed E-state index contributed by atoms with van der Waals surface area (Å²) in [5.74, 6) is 6.20. The first-order valence-corrected chi connectivity index (χ1v) is 10.3. The molecule has 9 heteroatoms. The Kier molecular flexibility index (Phi) is 13.4. The molecule has 30 heavy (non-hydrogen) atoms. The monoisotopic (exact) mass is 437 g/mol. The van der Waals surface area contributed by atoms with Crippen molar-refractivity contribution in [2.24, 2.45) is 11.7 Å². The summed E-state index contributed by atoms with van der Waals surface area (Å²) in [5, 5.41) is 5.35. The first kappa shape index (κ1) is 25.8. The number of ether oxygens (including phenoxy) is 3. The van der Waals surface area contributed by atoms with Crippen LogP contribution in [0.4, 0.5) is 0 Å². The maximum Gasteiger partial charge on any atom is 0.251 e. The van der Waals surface area contributed by atoms with Gasteiger partial charge in [0.2, 0.25) is 5.91 Å². The van der Waals surface area contributed by atoms with Crippen LogP contribution in [0.5, 0.6) is 5.75 Å². The summed E-state index contributed by atoms with van der Waals surface area (Å²) in [5.41, 5.74) is 5.38. The van der Waals surface area contributed by atoms with Crippen LogP contribution in [-0.4, -0.2) is 63.3 Å². The van der Waals surface area contributed by atoms with Crippen molar-refractivity contribution >= 4 is 24.4 Å². The summed E-state index contributed by atoms with van der Waals surface area (Å²) in [4.78, 5) is 23.5. The molecular weight excluding hydrogens is 406 g/mol. The zero-order valence-electron chi connectivity index (χ0n) is 17.5. The second kappa shape index (κ2) is 15.6. The molecule has 0 aromatic heterocycles. The van der Waals surface area contributed by atoms with Crippen LogP contribution in [0.3, 0.4) is 0 Å². The van der Waals surface area contributed by atoms with Gasteiger partial charge in [-0.3, -0.25) is 9.59 Å². The topological polar surface area (TPSA) is 112 Å². The summed E-state index contributed by atoms with van der Waals surface area (Å²) in [6.07, 6.45) is 0. The highest BCUT2D eigenvalue weighted by molar-refractivity contribution is 7.80. The molecular formula is C21H31N3O5S. The fourth-order valence-electron chi connectivity index (χ4n) is 2.09. The Morgan fingerprint density at radius 3 is 2.77 bits per heavy atom. The van der Waals surface area contributed by atoms with Gasteiger partial charge in [-0.05, 0) is 18.2 Å². The molecule has 8 nitrogen and oxygen atoms in total. The maximum atomic E-state index is 11.9. The molecule has 0 saturated carbocycles. The van der Waals surface area contributed by atoms with Gasteiger partial charge in [0, 0.05) is 24.6 Å². The predicted molar refractivity (Wildman–Crippen MR) is 118 cm³/mol. The number of amides is 2. The molecule has 2 amide bonds. The summed E-state index contributed by atoms with van der Waals surface area (Å²) in [6, 6.07) is 6.80. The molecule has 0 unspecified atom stereocenters. The minimum absolute atomic E-state index is 0.0561. The number of nitrogens with one attached hydrogen (secondary N) is 2. The Hall–Kier alpha value is -2.25. The third-order valence-electron chi connectivity index (χ3n) is 3.45. The lowest BCUT2D eigenvalue weighted by Crippen LogP contribution is -2.29. The zero-order valence-corrected chi connectivity index (χ0v) is 18.4. The smallest absolute Gasteiger partial charge is 0.251 e. The number of hydrogen-bond acceptors (Lipinski definition) is 7. The molecule has 166 valence electrons. The third-order valence-corrected chi connectivity index (χ3v) is 3.75. The summed E-state index contributed by atoms with van der Waals surface area (Å²) in [6.45, 7) is 5.71. The molecule has 0 heterocycles.